The van der Waals surface area contributed by atoms with Gasteiger partial charge in [-0.3, -0.25) is 4.79 Å². The van der Waals surface area contributed by atoms with Gasteiger partial charge in [0.05, 0.1) is 5.69 Å². The van der Waals surface area contributed by atoms with E-state index in [2.05, 4.69) is 5.10 Å². The highest BCUT2D eigenvalue weighted by Crippen LogP contribution is 2.25. The van der Waals surface area contributed by atoms with Crippen LogP contribution in [-0.2, 0) is 0 Å². The zero-order valence-corrected chi connectivity index (χ0v) is 12.0. The molecule has 0 atom stereocenters. The Morgan fingerprint density at radius 3 is 2.67 bits per heavy atom. The summed E-state index contributed by atoms with van der Waals surface area (Å²) < 4.78 is 7.08. The molecule has 0 aliphatic carbocycles. The van der Waals surface area contributed by atoms with Crippen molar-refractivity contribution >= 4 is 16.7 Å². The van der Waals surface area contributed by atoms with Gasteiger partial charge in [-0.2, -0.15) is 5.10 Å². The molecule has 1 aromatic heterocycles. The van der Waals surface area contributed by atoms with Crippen molar-refractivity contribution in [2.75, 3.05) is 6.61 Å². The second kappa shape index (κ2) is 5.40. The molecule has 0 saturated carbocycles. The Morgan fingerprint density at radius 1 is 1.14 bits per heavy atom. The minimum Gasteiger partial charge on any atom is -0.483 e. The van der Waals surface area contributed by atoms with Gasteiger partial charge in [0.15, 0.2) is 6.61 Å². The van der Waals surface area contributed by atoms with Crippen molar-refractivity contribution in [3.63, 3.8) is 0 Å². The topological polar surface area (TPSA) is 44.1 Å². The average Bonchev–Trinajstić information content (AvgIpc) is 2.83. The number of aromatic nitrogens is 2. The lowest BCUT2D eigenvalue weighted by molar-refractivity contribution is 0.0819. The van der Waals surface area contributed by atoms with Crippen LogP contribution in [0.15, 0.2) is 48.5 Å². The molecule has 4 heteroatoms. The van der Waals surface area contributed by atoms with Gasteiger partial charge in [-0.1, -0.05) is 36.4 Å². The molecule has 3 aromatic rings. The summed E-state index contributed by atoms with van der Waals surface area (Å²) in [6, 6.07) is 15.6. The molecule has 0 saturated heterocycles. The largest absolute Gasteiger partial charge is 0.483 e. The number of carbonyl (C=O) groups is 1. The van der Waals surface area contributed by atoms with Crippen molar-refractivity contribution < 1.29 is 9.53 Å². The molecule has 0 aliphatic rings. The van der Waals surface area contributed by atoms with Crippen molar-refractivity contribution in [2.24, 2.45) is 0 Å². The van der Waals surface area contributed by atoms with Gasteiger partial charge < -0.3 is 4.74 Å². The van der Waals surface area contributed by atoms with E-state index < -0.39 is 0 Å². The number of aryl methyl sites for hydroxylation is 2. The van der Waals surface area contributed by atoms with Crippen LogP contribution in [-0.4, -0.2) is 22.3 Å². The molecule has 1 heterocycles. The van der Waals surface area contributed by atoms with Crippen LogP contribution in [0.25, 0.3) is 10.8 Å². The summed E-state index contributed by atoms with van der Waals surface area (Å²) >= 11 is 0. The SMILES string of the molecule is Cc1cc(C)n(C(=O)COc2cccc3ccccc23)n1. The summed E-state index contributed by atoms with van der Waals surface area (Å²) in [5, 5.41) is 6.26. The second-order valence-corrected chi connectivity index (χ2v) is 5.00. The van der Waals surface area contributed by atoms with Crippen LogP contribution in [0.2, 0.25) is 0 Å². The fraction of sp³-hybridized carbons (Fsp3) is 0.176. The van der Waals surface area contributed by atoms with Crippen LogP contribution < -0.4 is 4.74 Å². The quantitative estimate of drug-likeness (QED) is 0.738. The summed E-state index contributed by atoms with van der Waals surface area (Å²) in [5.74, 6) is 0.538. The lowest BCUT2D eigenvalue weighted by atomic mass is 10.1. The minimum absolute atomic E-state index is 0.0318. The van der Waals surface area contributed by atoms with Crippen LogP contribution in [0.3, 0.4) is 0 Å². The first-order valence-corrected chi connectivity index (χ1v) is 6.82. The maximum absolute atomic E-state index is 12.2. The van der Waals surface area contributed by atoms with Crippen LogP contribution in [0.4, 0.5) is 0 Å². The van der Waals surface area contributed by atoms with Gasteiger partial charge in [-0.25, -0.2) is 4.68 Å². The number of fused-ring (bicyclic) bond motifs is 1. The average molecular weight is 280 g/mol. The highest BCUT2D eigenvalue weighted by atomic mass is 16.5. The zero-order chi connectivity index (χ0) is 14.8. The molecule has 2 aromatic carbocycles. The Kier molecular flexibility index (Phi) is 3.44. The van der Waals surface area contributed by atoms with Gasteiger partial charge in [-0.05, 0) is 31.4 Å². The number of ether oxygens (including phenoxy) is 1. The van der Waals surface area contributed by atoms with Gasteiger partial charge in [0, 0.05) is 11.1 Å². The Balaban J connectivity index is 1.81. The third-order valence-electron chi connectivity index (χ3n) is 3.35. The molecule has 0 unspecified atom stereocenters. The molecular weight excluding hydrogens is 264 g/mol. The second-order valence-electron chi connectivity index (χ2n) is 5.00. The smallest absolute Gasteiger partial charge is 0.284 e. The molecule has 0 N–H and O–H groups in total. The van der Waals surface area contributed by atoms with Crippen LogP contribution >= 0.6 is 0 Å². The van der Waals surface area contributed by atoms with Crippen LogP contribution in [0, 0.1) is 13.8 Å². The predicted molar refractivity (Wildman–Crippen MR) is 81.8 cm³/mol. The molecule has 0 aliphatic heterocycles. The van der Waals surface area contributed by atoms with Crippen molar-refractivity contribution in [1.82, 2.24) is 9.78 Å². The van der Waals surface area contributed by atoms with Crippen molar-refractivity contribution in [2.45, 2.75) is 13.8 Å². The number of rotatable bonds is 3. The minimum atomic E-state index is -0.173. The first kappa shape index (κ1) is 13.4. The van der Waals surface area contributed by atoms with E-state index in [0.29, 0.717) is 5.75 Å². The standard InChI is InChI=1S/C17H16N2O2/c1-12-10-13(2)19(18-12)17(20)11-21-16-9-5-7-14-6-3-4-8-15(14)16/h3-10H,11H2,1-2H3. The van der Waals surface area contributed by atoms with E-state index >= 15 is 0 Å². The number of hydrogen-bond acceptors (Lipinski definition) is 3. The van der Waals surface area contributed by atoms with E-state index in [4.69, 9.17) is 4.74 Å². The zero-order valence-electron chi connectivity index (χ0n) is 12.0. The molecular formula is C17H16N2O2. The summed E-state index contributed by atoms with van der Waals surface area (Å²) in [7, 11) is 0. The van der Waals surface area contributed by atoms with E-state index in [9.17, 15) is 4.79 Å². The van der Waals surface area contributed by atoms with E-state index in [1.807, 2.05) is 62.4 Å². The summed E-state index contributed by atoms with van der Waals surface area (Å²) in [6.45, 7) is 3.69. The summed E-state index contributed by atoms with van der Waals surface area (Å²) in [5.41, 5.74) is 1.64. The lowest BCUT2D eigenvalue weighted by Crippen LogP contribution is -2.21. The Bertz CT molecular complexity index is 800. The van der Waals surface area contributed by atoms with E-state index in [0.717, 1.165) is 22.2 Å². The first-order chi connectivity index (χ1) is 10.1. The molecule has 21 heavy (non-hydrogen) atoms. The highest BCUT2D eigenvalue weighted by molar-refractivity contribution is 5.88. The molecule has 106 valence electrons. The fourth-order valence-electron chi connectivity index (χ4n) is 2.40. The van der Waals surface area contributed by atoms with Gasteiger partial charge in [0.2, 0.25) is 0 Å². The van der Waals surface area contributed by atoms with E-state index in [1.165, 1.54) is 4.68 Å². The third-order valence-corrected chi connectivity index (χ3v) is 3.35. The third kappa shape index (κ3) is 2.65. The van der Waals surface area contributed by atoms with E-state index in [1.54, 1.807) is 0 Å². The number of benzene rings is 2. The Hall–Kier alpha value is -2.62. The maximum atomic E-state index is 12.2. The monoisotopic (exact) mass is 280 g/mol. The van der Waals surface area contributed by atoms with Crippen molar-refractivity contribution in [3.8, 4) is 5.75 Å². The van der Waals surface area contributed by atoms with Gasteiger partial charge in [-0.15, -0.1) is 0 Å². The molecule has 0 fully saturated rings. The molecule has 0 spiro atoms. The molecule has 3 rings (SSSR count). The van der Waals surface area contributed by atoms with Crippen LogP contribution in [0.5, 0.6) is 5.75 Å². The van der Waals surface area contributed by atoms with Crippen LogP contribution in [0.1, 0.15) is 16.2 Å². The molecule has 4 nitrogen and oxygen atoms in total. The van der Waals surface area contributed by atoms with Gasteiger partial charge in [0.1, 0.15) is 5.75 Å². The number of nitrogens with zero attached hydrogens (tertiary/aromatic N) is 2. The van der Waals surface area contributed by atoms with E-state index in [-0.39, 0.29) is 12.5 Å². The maximum Gasteiger partial charge on any atom is 0.284 e. The molecule has 0 radical (unpaired) electrons. The summed E-state index contributed by atoms with van der Waals surface area (Å²) in [6.07, 6.45) is 0. The normalized spacial score (nSPS) is 10.8. The van der Waals surface area contributed by atoms with Gasteiger partial charge in [0.25, 0.3) is 5.91 Å². The Labute approximate surface area is 123 Å². The highest BCUT2D eigenvalue weighted by Gasteiger charge is 2.11. The lowest BCUT2D eigenvalue weighted by Gasteiger charge is -2.09. The molecule has 0 bridgehead atoms. The van der Waals surface area contributed by atoms with Crippen molar-refractivity contribution in [3.05, 3.63) is 59.9 Å². The van der Waals surface area contributed by atoms with Crippen molar-refractivity contribution in [1.29, 1.82) is 0 Å². The Morgan fingerprint density at radius 2 is 1.90 bits per heavy atom. The fourth-order valence-corrected chi connectivity index (χ4v) is 2.40. The summed E-state index contributed by atoms with van der Waals surface area (Å²) in [4.78, 5) is 12.2. The molecule has 0 amide bonds. The number of carbonyl (C=O) groups excluding carboxylic acids is 1. The number of hydrogen-bond donors (Lipinski definition) is 0. The predicted octanol–water partition coefficient (Wildman–Crippen LogP) is 3.37. The first-order valence-electron chi connectivity index (χ1n) is 6.82. The van der Waals surface area contributed by atoms with Gasteiger partial charge >= 0.3 is 0 Å².